The monoisotopic (exact) mass is 1830 g/mol. The molecule has 440 valence electrons. The average molecular weight is 1840 g/mol. The van der Waals surface area contributed by atoms with Gasteiger partial charge in [0, 0.05) is 41.5 Å². The van der Waals surface area contributed by atoms with Crippen molar-refractivity contribution in [2.75, 3.05) is 10.6 Å². The third kappa shape index (κ3) is 25.2. The molecule has 2 amide bonds. The number of carbonyl (C=O) groups is 3. The van der Waals surface area contributed by atoms with Crippen LogP contribution in [0.15, 0.2) is 85.1 Å². The van der Waals surface area contributed by atoms with Gasteiger partial charge in [-0.15, -0.1) is 0 Å². The highest BCUT2D eigenvalue weighted by Crippen LogP contribution is 2.47. The lowest BCUT2D eigenvalue weighted by Crippen LogP contribution is -2.19. The Bertz CT molecular complexity index is 3230. The molecule has 0 radical (unpaired) electrons. The second kappa shape index (κ2) is 39.8. The number of carbonyl (C=O) groups excluding carboxylic acids is 3. The van der Waals surface area contributed by atoms with Crippen LogP contribution in [0.2, 0.25) is 65.4 Å². The van der Waals surface area contributed by atoms with Gasteiger partial charge in [0.05, 0.1) is 97.8 Å². The Morgan fingerprint density at radius 2 is 0.952 bits per heavy atom. The topological polar surface area (TPSA) is 206 Å². The van der Waals surface area contributed by atoms with Gasteiger partial charge in [-0.2, -0.15) is 10.5 Å². The van der Waals surface area contributed by atoms with Crippen molar-refractivity contribution in [3.05, 3.63) is 187 Å². The van der Waals surface area contributed by atoms with E-state index >= 15 is 0 Å². The molecular formula is C54H38Cl13I4N5O7. The number of pyridine rings is 1. The van der Waals surface area contributed by atoms with E-state index in [1.165, 1.54) is 37.6 Å². The standard InChI is InChI=1S/C15H17I2NO2.C13H6Cl6O2.C12H10ClN3O.C7H3I2NO.C6Cl6.CH2O/c1-2-3-4-5-6-7-14(19)20-15-12(16)8-11(10-18)9-13(15)17;14-6-2-8(16)12(20)4(10(6)18)1-5-11(19)7(15)3-9(17)13(5)21;13-11-8-10(6-7-14-11)16-12(17)15-9-4-2-1-3-5-9;8-5-1-4(3-10)2-6(9)7(5)11;7-1-2(8)4(10)6(12)5(11)3(1)9;1-2/h8-9H,2-7H2,1H3;2-3,20-21H,1H2;1-8H,(H2,14,15,16,17);1-2,11H;;1H2. The first-order valence-electron chi connectivity index (χ1n) is 22.8. The molecule has 0 aliphatic carbocycles. The summed E-state index contributed by atoms with van der Waals surface area (Å²) in [6.07, 6.45) is 7.49. The van der Waals surface area contributed by atoms with Crippen LogP contribution in [0.3, 0.4) is 0 Å². The fourth-order valence-corrected chi connectivity index (χ4v) is 12.8. The first-order valence-corrected chi connectivity index (χ1v) is 32.0. The molecule has 0 aliphatic rings. The quantitative estimate of drug-likeness (QED) is 0.0158. The molecule has 6 aromatic carbocycles. The first-order chi connectivity index (χ1) is 39.2. The van der Waals surface area contributed by atoms with Gasteiger partial charge >= 0.3 is 12.0 Å². The van der Waals surface area contributed by atoms with Crippen LogP contribution in [-0.4, -0.2) is 39.1 Å². The second-order valence-electron chi connectivity index (χ2n) is 15.8. The van der Waals surface area contributed by atoms with Crippen LogP contribution in [0.1, 0.15) is 67.7 Å². The van der Waals surface area contributed by atoms with Crippen LogP contribution in [0.5, 0.6) is 23.0 Å². The Labute approximate surface area is 598 Å². The summed E-state index contributed by atoms with van der Waals surface area (Å²) in [5, 5.41) is 53.7. The zero-order chi connectivity index (χ0) is 62.8. The minimum absolute atomic E-state index is 0.0307. The molecular weight excluding hydrogens is 1800 g/mol. The summed E-state index contributed by atoms with van der Waals surface area (Å²) in [6.45, 7) is 4.17. The van der Waals surface area contributed by atoms with Crippen molar-refractivity contribution in [1.82, 2.24) is 4.98 Å². The number of aromatic nitrogens is 1. The van der Waals surface area contributed by atoms with Crippen LogP contribution in [-0.2, 0) is 16.0 Å². The fraction of sp³-hybridized carbons (Fsp3) is 0.148. The predicted octanol–water partition coefficient (Wildman–Crippen LogP) is 22.9. The van der Waals surface area contributed by atoms with E-state index in [0.29, 0.717) is 41.3 Å². The Kier molecular flexibility index (Phi) is 36.9. The van der Waals surface area contributed by atoms with Crippen molar-refractivity contribution < 1.29 is 34.4 Å². The zero-order valence-electron chi connectivity index (χ0n) is 42.0. The molecule has 0 saturated carbocycles. The van der Waals surface area contributed by atoms with E-state index in [-0.39, 0.29) is 107 Å². The molecule has 1 heterocycles. The molecule has 1 aromatic heterocycles. The van der Waals surface area contributed by atoms with E-state index in [4.69, 9.17) is 171 Å². The molecule has 0 spiro atoms. The summed E-state index contributed by atoms with van der Waals surface area (Å²) in [7, 11) is 0. The molecule has 29 heteroatoms. The number of aromatic hydroxyl groups is 3. The first kappa shape index (κ1) is 77.0. The number of nitriles is 2. The summed E-state index contributed by atoms with van der Waals surface area (Å²) >= 11 is 83.6. The highest BCUT2D eigenvalue weighted by Gasteiger charge is 2.22. The number of ether oxygens (including phenoxy) is 1. The predicted molar refractivity (Wildman–Crippen MR) is 375 cm³/mol. The van der Waals surface area contributed by atoms with Crippen molar-refractivity contribution in [2.45, 2.75) is 51.9 Å². The number of nitrogens with one attached hydrogen (secondary N) is 2. The Hall–Kier alpha value is -2.05. The minimum Gasteiger partial charge on any atom is -0.506 e. The van der Waals surface area contributed by atoms with Crippen molar-refractivity contribution >= 4 is 271 Å². The lowest BCUT2D eigenvalue weighted by molar-refractivity contribution is -0.134. The number of rotatable bonds is 11. The van der Waals surface area contributed by atoms with E-state index in [1.807, 2.05) is 76.2 Å². The number of phenols is 3. The van der Waals surface area contributed by atoms with Gasteiger partial charge < -0.3 is 35.5 Å². The molecule has 0 bridgehead atoms. The molecule has 0 fully saturated rings. The van der Waals surface area contributed by atoms with Crippen molar-refractivity contribution in [2.24, 2.45) is 0 Å². The normalized spacial score (nSPS) is 9.98. The van der Waals surface area contributed by atoms with Gasteiger partial charge in [0.15, 0.2) is 5.75 Å². The molecule has 0 unspecified atom stereocenters. The van der Waals surface area contributed by atoms with Crippen LogP contribution >= 0.6 is 241 Å². The van der Waals surface area contributed by atoms with Crippen molar-refractivity contribution in [3.8, 4) is 35.1 Å². The number of halogens is 17. The van der Waals surface area contributed by atoms with Gasteiger partial charge in [0.1, 0.15) is 29.2 Å². The molecule has 0 aliphatic heterocycles. The number of para-hydroxylation sites is 1. The maximum absolute atomic E-state index is 11.8. The molecule has 83 heavy (non-hydrogen) atoms. The van der Waals surface area contributed by atoms with Crippen LogP contribution in [0, 0.1) is 36.9 Å². The average Bonchev–Trinajstić information content (AvgIpc) is 3.49. The minimum atomic E-state index is -0.321. The zero-order valence-corrected chi connectivity index (χ0v) is 60.4. The number of hydrogen-bond donors (Lipinski definition) is 5. The Morgan fingerprint density at radius 1 is 0.542 bits per heavy atom. The number of phenolic OH excluding ortho intramolecular Hbond substituents is 3. The number of urea groups is 1. The summed E-state index contributed by atoms with van der Waals surface area (Å²) in [6, 6.07) is 25.6. The lowest BCUT2D eigenvalue weighted by atomic mass is 10.0. The number of benzene rings is 6. The van der Waals surface area contributed by atoms with Gasteiger partial charge in [-0.1, -0.05) is 202 Å². The SMILES string of the molecule is C=O.CCCCCCCC(=O)Oc1c(I)cc(C#N)cc1I.Clc1c(Cl)c(Cl)c(Cl)c(Cl)c1Cl.N#Cc1cc(I)c(O)c(I)c1.O=C(Nc1ccccc1)Nc1ccnc(Cl)c1.Oc1c(Cl)cc(Cl)c(Cl)c1Cc1c(O)c(Cl)cc(Cl)c1Cl. The van der Waals surface area contributed by atoms with Crippen molar-refractivity contribution in [1.29, 1.82) is 10.5 Å². The molecule has 12 nitrogen and oxygen atoms in total. The number of unbranched alkanes of at least 4 members (excludes halogenated alkanes) is 4. The van der Waals surface area contributed by atoms with E-state index in [0.717, 1.165) is 25.7 Å². The highest BCUT2D eigenvalue weighted by atomic mass is 127. The van der Waals surface area contributed by atoms with Gasteiger partial charge in [0.25, 0.3) is 0 Å². The number of amides is 2. The van der Waals surface area contributed by atoms with Crippen LogP contribution < -0.4 is 15.4 Å². The molecule has 7 rings (SSSR count). The molecule has 7 aromatic rings. The number of nitrogens with zero attached hydrogens (tertiary/aromatic N) is 3. The smallest absolute Gasteiger partial charge is 0.323 e. The van der Waals surface area contributed by atoms with Crippen LogP contribution in [0.4, 0.5) is 16.2 Å². The Morgan fingerprint density at radius 3 is 1.36 bits per heavy atom. The maximum atomic E-state index is 11.8. The van der Waals surface area contributed by atoms with Gasteiger partial charge in [0.2, 0.25) is 0 Å². The van der Waals surface area contributed by atoms with Crippen molar-refractivity contribution in [3.63, 3.8) is 0 Å². The third-order valence-electron chi connectivity index (χ3n) is 9.98. The maximum Gasteiger partial charge on any atom is 0.323 e. The number of hydrogen-bond acceptors (Lipinski definition) is 10. The summed E-state index contributed by atoms with van der Waals surface area (Å²) in [5.41, 5.74) is 2.91. The summed E-state index contributed by atoms with van der Waals surface area (Å²) in [5.74, 6) is 0.131. The molecule has 0 saturated heterocycles. The second-order valence-corrected chi connectivity index (χ2v) is 25.4. The fourth-order valence-electron chi connectivity index (χ4n) is 6.03. The lowest BCUT2D eigenvalue weighted by Gasteiger charge is -2.14. The van der Waals surface area contributed by atoms with E-state index in [1.54, 1.807) is 48.5 Å². The highest BCUT2D eigenvalue weighted by molar-refractivity contribution is 14.1. The largest absolute Gasteiger partial charge is 0.506 e. The van der Waals surface area contributed by atoms with E-state index < -0.39 is 0 Å². The number of esters is 1. The van der Waals surface area contributed by atoms with E-state index in [2.05, 4.69) is 73.8 Å². The molecule has 5 N–H and O–H groups in total. The summed E-state index contributed by atoms with van der Waals surface area (Å²) < 4.78 is 8.44. The third-order valence-corrected chi connectivity index (χ3v) is 18.5. The van der Waals surface area contributed by atoms with Gasteiger partial charge in [-0.05, 0) is 157 Å². The Balaban J connectivity index is 0.000000358. The number of anilines is 2. The van der Waals surface area contributed by atoms with Gasteiger partial charge in [-0.25, -0.2) is 9.78 Å². The summed E-state index contributed by atoms with van der Waals surface area (Å²) in [4.78, 5) is 35.2. The molecule has 0 atom stereocenters. The van der Waals surface area contributed by atoms with Crippen LogP contribution in [0.25, 0.3) is 0 Å². The van der Waals surface area contributed by atoms with Gasteiger partial charge in [-0.3, -0.25) is 4.79 Å². The van der Waals surface area contributed by atoms with E-state index in [9.17, 15) is 24.9 Å².